The van der Waals surface area contributed by atoms with E-state index in [1.54, 1.807) is 18.2 Å². The standard InChI is InChI=1S/C20H18ClN3O2/c1-13(25)11-19(26)24-17-8-7-15(21)12-16(17)20(23-10-9-18(24)22)14-5-3-2-4-6-14/h2-8,12,22H,9-11H2,1H3. The van der Waals surface area contributed by atoms with Gasteiger partial charge in [-0.05, 0) is 25.1 Å². The SMILES string of the molecule is CC(=O)CC(=O)N1C(=N)CCN=C(c2ccccc2)c2cc(Cl)ccc21. The minimum absolute atomic E-state index is 0.121. The quantitative estimate of drug-likeness (QED) is 0.836. The van der Waals surface area contributed by atoms with E-state index in [4.69, 9.17) is 17.0 Å². The summed E-state index contributed by atoms with van der Waals surface area (Å²) in [5.41, 5.74) is 2.82. The van der Waals surface area contributed by atoms with Crippen molar-refractivity contribution in [1.82, 2.24) is 0 Å². The smallest absolute Gasteiger partial charge is 0.239 e. The maximum absolute atomic E-state index is 12.7. The van der Waals surface area contributed by atoms with Crippen LogP contribution in [0.3, 0.4) is 0 Å². The van der Waals surface area contributed by atoms with Crippen LogP contribution in [0.2, 0.25) is 5.02 Å². The molecule has 0 aromatic heterocycles. The molecular weight excluding hydrogens is 350 g/mol. The van der Waals surface area contributed by atoms with E-state index < -0.39 is 5.91 Å². The van der Waals surface area contributed by atoms with Gasteiger partial charge in [0, 0.05) is 29.1 Å². The summed E-state index contributed by atoms with van der Waals surface area (Å²) in [4.78, 5) is 30.1. The summed E-state index contributed by atoms with van der Waals surface area (Å²) in [5, 5.41) is 8.82. The molecule has 5 nitrogen and oxygen atoms in total. The van der Waals surface area contributed by atoms with E-state index in [1.807, 2.05) is 30.3 Å². The van der Waals surface area contributed by atoms with Crippen molar-refractivity contribution >= 4 is 40.5 Å². The Balaban J connectivity index is 2.18. The Morgan fingerprint density at radius 1 is 1.19 bits per heavy atom. The molecule has 1 heterocycles. The molecule has 1 N–H and O–H groups in total. The van der Waals surface area contributed by atoms with Crippen molar-refractivity contribution in [3.05, 3.63) is 64.7 Å². The molecule has 3 rings (SSSR count). The first-order chi connectivity index (χ1) is 12.5. The van der Waals surface area contributed by atoms with Gasteiger partial charge in [-0.3, -0.25) is 24.9 Å². The van der Waals surface area contributed by atoms with Crippen LogP contribution in [0.1, 0.15) is 30.9 Å². The Bertz CT molecular complexity index is 907. The number of nitrogens with one attached hydrogen (secondary N) is 1. The van der Waals surface area contributed by atoms with Gasteiger partial charge in [0.15, 0.2) is 0 Å². The fourth-order valence-corrected chi connectivity index (χ4v) is 3.10. The first kappa shape index (κ1) is 18.0. The molecule has 0 bridgehead atoms. The van der Waals surface area contributed by atoms with E-state index in [0.717, 1.165) is 11.3 Å². The van der Waals surface area contributed by atoms with Crippen molar-refractivity contribution in [3.8, 4) is 0 Å². The highest BCUT2D eigenvalue weighted by Gasteiger charge is 2.27. The number of nitrogens with zero attached hydrogens (tertiary/aromatic N) is 2. The average molecular weight is 368 g/mol. The predicted octanol–water partition coefficient (Wildman–Crippen LogP) is 3.87. The topological polar surface area (TPSA) is 73.6 Å². The molecule has 0 fully saturated rings. The van der Waals surface area contributed by atoms with Crippen molar-refractivity contribution in [2.45, 2.75) is 19.8 Å². The van der Waals surface area contributed by atoms with Gasteiger partial charge in [0.2, 0.25) is 5.91 Å². The van der Waals surface area contributed by atoms with E-state index in [1.165, 1.54) is 11.8 Å². The molecule has 0 spiro atoms. The predicted molar refractivity (Wildman–Crippen MR) is 104 cm³/mol. The number of fused-ring (bicyclic) bond motifs is 1. The van der Waals surface area contributed by atoms with Crippen LogP contribution < -0.4 is 4.90 Å². The highest BCUT2D eigenvalue weighted by Crippen LogP contribution is 2.30. The average Bonchev–Trinajstić information content (AvgIpc) is 2.59. The zero-order chi connectivity index (χ0) is 18.7. The van der Waals surface area contributed by atoms with Crippen LogP contribution in [0.5, 0.6) is 0 Å². The molecule has 1 aliphatic heterocycles. The highest BCUT2D eigenvalue weighted by molar-refractivity contribution is 6.32. The van der Waals surface area contributed by atoms with Gasteiger partial charge in [-0.2, -0.15) is 0 Å². The molecule has 0 atom stereocenters. The number of carbonyl (C=O) groups is 2. The summed E-state index contributed by atoms with van der Waals surface area (Å²) in [7, 11) is 0. The number of carbonyl (C=O) groups excluding carboxylic acids is 2. The highest BCUT2D eigenvalue weighted by atomic mass is 35.5. The summed E-state index contributed by atoms with van der Waals surface area (Å²) in [6.45, 7) is 1.74. The summed E-state index contributed by atoms with van der Waals surface area (Å²) in [5.74, 6) is -0.534. The fraction of sp³-hybridized carbons (Fsp3) is 0.200. The number of anilines is 1. The van der Waals surface area contributed by atoms with E-state index in [0.29, 0.717) is 29.2 Å². The number of rotatable bonds is 3. The minimum Gasteiger partial charge on any atom is -0.299 e. The zero-order valence-electron chi connectivity index (χ0n) is 14.3. The molecule has 2 aromatic carbocycles. The number of hydrogen-bond donors (Lipinski definition) is 1. The van der Waals surface area contributed by atoms with Crippen molar-refractivity contribution < 1.29 is 9.59 Å². The second kappa shape index (κ2) is 7.62. The molecule has 0 saturated heterocycles. The largest absolute Gasteiger partial charge is 0.299 e. The van der Waals surface area contributed by atoms with Crippen molar-refractivity contribution in [2.75, 3.05) is 11.4 Å². The van der Waals surface area contributed by atoms with E-state index in [9.17, 15) is 9.59 Å². The molecule has 2 aromatic rings. The maximum atomic E-state index is 12.7. The molecular formula is C20H18ClN3O2. The lowest BCUT2D eigenvalue weighted by Crippen LogP contribution is -2.39. The van der Waals surface area contributed by atoms with E-state index >= 15 is 0 Å². The Morgan fingerprint density at radius 3 is 2.62 bits per heavy atom. The number of benzene rings is 2. The lowest BCUT2D eigenvalue weighted by molar-refractivity contribution is -0.125. The first-order valence-electron chi connectivity index (χ1n) is 8.27. The lowest BCUT2D eigenvalue weighted by atomic mass is 9.98. The number of Topliss-reactive ketones (excluding diaryl/α,β-unsaturated/α-hetero) is 1. The van der Waals surface area contributed by atoms with Gasteiger partial charge in [0.1, 0.15) is 11.6 Å². The molecule has 0 saturated carbocycles. The lowest BCUT2D eigenvalue weighted by Gasteiger charge is -2.28. The fourth-order valence-electron chi connectivity index (χ4n) is 2.93. The summed E-state index contributed by atoms with van der Waals surface area (Å²) >= 11 is 6.21. The molecule has 0 radical (unpaired) electrons. The van der Waals surface area contributed by atoms with Crippen LogP contribution >= 0.6 is 11.6 Å². The Morgan fingerprint density at radius 2 is 1.92 bits per heavy atom. The molecule has 26 heavy (non-hydrogen) atoms. The Hall–Kier alpha value is -2.79. The number of hydrogen-bond acceptors (Lipinski definition) is 4. The summed E-state index contributed by atoms with van der Waals surface area (Å²) < 4.78 is 0. The normalized spacial score (nSPS) is 14.2. The monoisotopic (exact) mass is 367 g/mol. The Kier molecular flexibility index (Phi) is 5.28. The van der Waals surface area contributed by atoms with Gasteiger partial charge in [-0.25, -0.2) is 0 Å². The van der Waals surface area contributed by atoms with Gasteiger partial charge in [-0.15, -0.1) is 0 Å². The molecule has 132 valence electrons. The van der Waals surface area contributed by atoms with Crippen LogP contribution in [0.4, 0.5) is 5.69 Å². The molecule has 0 unspecified atom stereocenters. The van der Waals surface area contributed by atoms with Gasteiger partial charge in [-0.1, -0.05) is 41.9 Å². The van der Waals surface area contributed by atoms with Gasteiger partial charge in [0.25, 0.3) is 0 Å². The number of amidine groups is 1. The van der Waals surface area contributed by atoms with Crippen LogP contribution in [0, 0.1) is 5.41 Å². The van der Waals surface area contributed by atoms with Gasteiger partial charge < -0.3 is 0 Å². The van der Waals surface area contributed by atoms with Crippen LogP contribution in [0.15, 0.2) is 53.5 Å². The third kappa shape index (κ3) is 3.73. The molecule has 6 heteroatoms. The number of halogens is 1. The van der Waals surface area contributed by atoms with Crippen LogP contribution in [-0.2, 0) is 9.59 Å². The van der Waals surface area contributed by atoms with E-state index in [2.05, 4.69) is 4.99 Å². The zero-order valence-corrected chi connectivity index (χ0v) is 15.1. The van der Waals surface area contributed by atoms with Crippen molar-refractivity contribution in [2.24, 2.45) is 4.99 Å². The van der Waals surface area contributed by atoms with Gasteiger partial charge >= 0.3 is 0 Å². The number of amides is 1. The van der Waals surface area contributed by atoms with Crippen molar-refractivity contribution in [3.63, 3.8) is 0 Å². The summed E-state index contributed by atoms with van der Waals surface area (Å²) in [6, 6.07) is 14.8. The van der Waals surface area contributed by atoms with Crippen LogP contribution in [0.25, 0.3) is 0 Å². The maximum Gasteiger partial charge on any atom is 0.239 e. The van der Waals surface area contributed by atoms with Crippen molar-refractivity contribution in [1.29, 1.82) is 5.41 Å². The summed E-state index contributed by atoms with van der Waals surface area (Å²) in [6.07, 6.45) is 0.0598. The third-order valence-electron chi connectivity index (χ3n) is 4.04. The third-order valence-corrected chi connectivity index (χ3v) is 4.27. The minimum atomic E-state index is -0.416. The van der Waals surface area contributed by atoms with Crippen LogP contribution in [-0.4, -0.2) is 29.8 Å². The molecule has 1 aliphatic rings. The first-order valence-corrected chi connectivity index (χ1v) is 8.65. The van der Waals surface area contributed by atoms with E-state index in [-0.39, 0.29) is 18.0 Å². The Labute approximate surface area is 156 Å². The number of ketones is 1. The van der Waals surface area contributed by atoms with Gasteiger partial charge in [0.05, 0.1) is 17.8 Å². The number of aliphatic imine (C=N–C) groups is 1. The molecule has 1 amide bonds. The molecule has 0 aliphatic carbocycles. The second-order valence-electron chi connectivity index (χ2n) is 6.06. The second-order valence-corrected chi connectivity index (χ2v) is 6.50.